The Morgan fingerprint density at radius 2 is 1.46 bits per heavy atom. The molecule has 0 heterocycles. The number of phenolic OH excluding ortho intramolecular Hbond substituents is 1. The lowest BCUT2D eigenvalue weighted by molar-refractivity contribution is -0.119. The minimum atomic E-state index is -0.661. The molecule has 3 N–H and O–H groups in total. The quantitative estimate of drug-likeness (QED) is 0.729. The van der Waals surface area contributed by atoms with Crippen molar-refractivity contribution >= 4 is 29.2 Å². The number of ether oxygens (including phenoxy) is 1. The molecular formula is C17H16N2O5. The topological polar surface area (TPSA) is 105 Å². The number of aromatic hydroxyl groups is 1. The average Bonchev–Trinajstić information content (AvgIpc) is 2.54. The van der Waals surface area contributed by atoms with Crippen LogP contribution >= 0.6 is 0 Å². The summed E-state index contributed by atoms with van der Waals surface area (Å²) in [6.07, 6.45) is 0. The maximum Gasteiger partial charge on any atom is 0.338 e. The van der Waals surface area contributed by atoms with Crippen molar-refractivity contribution in [1.29, 1.82) is 0 Å². The normalized spacial score (nSPS) is 9.88. The third-order valence-electron chi connectivity index (χ3n) is 2.93. The van der Waals surface area contributed by atoms with Gasteiger partial charge < -0.3 is 20.5 Å². The Morgan fingerprint density at radius 3 is 2.00 bits per heavy atom. The van der Waals surface area contributed by atoms with E-state index in [0.29, 0.717) is 11.4 Å². The third kappa shape index (κ3) is 5.13. The van der Waals surface area contributed by atoms with Crippen LogP contribution in [0.2, 0.25) is 0 Å². The van der Waals surface area contributed by atoms with E-state index in [4.69, 9.17) is 9.84 Å². The molecule has 7 nitrogen and oxygen atoms in total. The summed E-state index contributed by atoms with van der Waals surface area (Å²) >= 11 is 0. The lowest BCUT2D eigenvalue weighted by Gasteiger charge is -2.08. The van der Waals surface area contributed by atoms with Crippen molar-refractivity contribution in [3.63, 3.8) is 0 Å². The van der Waals surface area contributed by atoms with Gasteiger partial charge in [-0.05, 0) is 48.5 Å². The molecule has 2 aromatic carbocycles. The number of hydrogen-bond acceptors (Lipinski definition) is 5. The van der Waals surface area contributed by atoms with Crippen LogP contribution < -0.4 is 10.6 Å². The first-order valence-electron chi connectivity index (χ1n) is 7.08. The van der Waals surface area contributed by atoms with Crippen molar-refractivity contribution in [2.24, 2.45) is 0 Å². The first kappa shape index (κ1) is 17.0. The van der Waals surface area contributed by atoms with Gasteiger partial charge in [0.25, 0.3) is 5.91 Å². The molecule has 0 radical (unpaired) electrons. The molecule has 24 heavy (non-hydrogen) atoms. The highest BCUT2D eigenvalue weighted by molar-refractivity contribution is 5.96. The summed E-state index contributed by atoms with van der Waals surface area (Å²) in [6.45, 7) is 0.964. The number of amides is 2. The molecule has 0 saturated heterocycles. The molecular weight excluding hydrogens is 312 g/mol. The largest absolute Gasteiger partial charge is 0.508 e. The minimum Gasteiger partial charge on any atom is -0.508 e. The molecule has 0 atom stereocenters. The van der Waals surface area contributed by atoms with E-state index < -0.39 is 18.5 Å². The summed E-state index contributed by atoms with van der Waals surface area (Å²) in [5, 5.41) is 14.3. The van der Waals surface area contributed by atoms with Crippen molar-refractivity contribution in [3.8, 4) is 5.75 Å². The van der Waals surface area contributed by atoms with Gasteiger partial charge in [0.15, 0.2) is 6.61 Å². The van der Waals surface area contributed by atoms with E-state index in [0.717, 1.165) is 0 Å². The van der Waals surface area contributed by atoms with E-state index in [1.54, 1.807) is 24.3 Å². The van der Waals surface area contributed by atoms with Crippen LogP contribution in [0.4, 0.5) is 11.4 Å². The molecule has 0 saturated carbocycles. The number of anilines is 2. The minimum absolute atomic E-state index is 0.0343. The summed E-state index contributed by atoms with van der Waals surface area (Å²) in [7, 11) is 0. The van der Waals surface area contributed by atoms with Crippen LogP contribution in [0.3, 0.4) is 0 Å². The summed E-state index contributed by atoms with van der Waals surface area (Å²) in [6, 6.07) is 12.0. The lowest BCUT2D eigenvalue weighted by Crippen LogP contribution is -2.20. The smallest absolute Gasteiger partial charge is 0.338 e. The molecule has 0 aliphatic heterocycles. The lowest BCUT2D eigenvalue weighted by atomic mass is 10.2. The molecule has 0 spiro atoms. The van der Waals surface area contributed by atoms with Crippen LogP contribution in [-0.2, 0) is 14.3 Å². The molecule has 0 aliphatic carbocycles. The summed E-state index contributed by atoms with van der Waals surface area (Å²) in [5.74, 6) is -1.31. The van der Waals surface area contributed by atoms with Gasteiger partial charge in [-0.3, -0.25) is 9.59 Å². The second-order valence-electron chi connectivity index (χ2n) is 4.93. The standard InChI is InChI=1S/C17H16N2O5/c1-11(20)18-13-4-6-14(7-5-13)19-16(22)10-24-17(23)12-2-8-15(21)9-3-12/h2-9,21H,10H2,1H3,(H,18,20)(H,19,22). The Hall–Kier alpha value is -3.35. The highest BCUT2D eigenvalue weighted by Gasteiger charge is 2.10. The Bertz CT molecular complexity index is 739. The highest BCUT2D eigenvalue weighted by Crippen LogP contribution is 2.14. The maximum atomic E-state index is 11.8. The predicted octanol–water partition coefficient (Wildman–Crippen LogP) is 2.15. The SMILES string of the molecule is CC(=O)Nc1ccc(NC(=O)COC(=O)c2ccc(O)cc2)cc1. The van der Waals surface area contributed by atoms with Gasteiger partial charge in [0.05, 0.1) is 5.56 Å². The van der Waals surface area contributed by atoms with Crippen molar-refractivity contribution in [3.05, 3.63) is 54.1 Å². The second-order valence-corrected chi connectivity index (χ2v) is 4.93. The molecule has 2 aromatic rings. The number of nitrogens with one attached hydrogen (secondary N) is 2. The Labute approximate surface area is 138 Å². The van der Waals surface area contributed by atoms with Gasteiger partial charge in [-0.1, -0.05) is 0 Å². The molecule has 0 unspecified atom stereocenters. The van der Waals surface area contributed by atoms with Gasteiger partial charge >= 0.3 is 5.97 Å². The first-order valence-corrected chi connectivity index (χ1v) is 7.08. The number of carbonyl (C=O) groups excluding carboxylic acids is 3. The van der Waals surface area contributed by atoms with E-state index in [1.165, 1.54) is 31.2 Å². The fourth-order valence-electron chi connectivity index (χ4n) is 1.85. The van der Waals surface area contributed by atoms with Crippen molar-refractivity contribution in [1.82, 2.24) is 0 Å². The molecule has 7 heteroatoms. The molecule has 124 valence electrons. The Kier molecular flexibility index (Phi) is 5.51. The summed E-state index contributed by atoms with van der Waals surface area (Å²) in [5.41, 5.74) is 1.36. The summed E-state index contributed by atoms with van der Waals surface area (Å²) in [4.78, 5) is 34.4. The van der Waals surface area contributed by atoms with E-state index in [9.17, 15) is 14.4 Å². The number of carbonyl (C=O) groups is 3. The number of hydrogen-bond donors (Lipinski definition) is 3. The van der Waals surface area contributed by atoms with Crippen molar-refractivity contribution in [2.45, 2.75) is 6.92 Å². The number of esters is 1. The van der Waals surface area contributed by atoms with Gasteiger partial charge in [0, 0.05) is 18.3 Å². The molecule has 0 fully saturated rings. The fourth-order valence-corrected chi connectivity index (χ4v) is 1.85. The van der Waals surface area contributed by atoms with E-state index >= 15 is 0 Å². The molecule has 0 aromatic heterocycles. The zero-order valence-electron chi connectivity index (χ0n) is 12.9. The Balaban J connectivity index is 1.83. The van der Waals surface area contributed by atoms with Crippen LogP contribution in [0.1, 0.15) is 17.3 Å². The molecule has 0 bridgehead atoms. The van der Waals surface area contributed by atoms with Gasteiger partial charge in [0.1, 0.15) is 5.75 Å². The average molecular weight is 328 g/mol. The molecule has 2 rings (SSSR count). The number of benzene rings is 2. The maximum absolute atomic E-state index is 11.8. The number of phenols is 1. The van der Waals surface area contributed by atoms with Crippen LogP contribution in [-0.4, -0.2) is 29.5 Å². The van der Waals surface area contributed by atoms with E-state index in [2.05, 4.69) is 10.6 Å². The van der Waals surface area contributed by atoms with Crippen molar-refractivity contribution in [2.75, 3.05) is 17.2 Å². The zero-order chi connectivity index (χ0) is 17.5. The van der Waals surface area contributed by atoms with Gasteiger partial charge in [-0.2, -0.15) is 0 Å². The van der Waals surface area contributed by atoms with Gasteiger partial charge in [-0.15, -0.1) is 0 Å². The number of rotatable bonds is 5. The van der Waals surface area contributed by atoms with Crippen molar-refractivity contribution < 1.29 is 24.2 Å². The summed E-state index contributed by atoms with van der Waals surface area (Å²) < 4.78 is 4.89. The van der Waals surface area contributed by atoms with Gasteiger partial charge in [0.2, 0.25) is 5.91 Å². The fraction of sp³-hybridized carbons (Fsp3) is 0.118. The second kappa shape index (κ2) is 7.77. The zero-order valence-corrected chi connectivity index (χ0v) is 12.9. The highest BCUT2D eigenvalue weighted by atomic mass is 16.5. The van der Waals surface area contributed by atoms with Crippen LogP contribution in [0.15, 0.2) is 48.5 Å². The van der Waals surface area contributed by atoms with Crippen LogP contribution in [0, 0.1) is 0 Å². The molecule has 2 amide bonds. The van der Waals surface area contributed by atoms with E-state index in [1.807, 2.05) is 0 Å². The van der Waals surface area contributed by atoms with E-state index in [-0.39, 0.29) is 17.2 Å². The van der Waals surface area contributed by atoms with Crippen LogP contribution in [0.25, 0.3) is 0 Å². The monoisotopic (exact) mass is 328 g/mol. The van der Waals surface area contributed by atoms with Crippen LogP contribution in [0.5, 0.6) is 5.75 Å². The predicted molar refractivity (Wildman–Crippen MR) is 87.8 cm³/mol. The third-order valence-corrected chi connectivity index (χ3v) is 2.93. The molecule has 0 aliphatic rings. The Morgan fingerprint density at radius 1 is 0.917 bits per heavy atom. The van der Waals surface area contributed by atoms with Gasteiger partial charge in [-0.25, -0.2) is 4.79 Å². The first-order chi connectivity index (χ1) is 11.4.